The molecular formula is C26H22N2O5S. The zero-order valence-electron chi connectivity index (χ0n) is 18.2. The van der Waals surface area contributed by atoms with Crippen LogP contribution in [0.15, 0.2) is 88.2 Å². The Bertz CT molecular complexity index is 1460. The Kier molecular flexibility index (Phi) is 5.67. The molecule has 4 aromatic rings. The summed E-state index contributed by atoms with van der Waals surface area (Å²) in [6.45, 7) is 0. The average Bonchev–Trinajstić information content (AvgIpc) is 3.27. The van der Waals surface area contributed by atoms with E-state index < -0.39 is 9.84 Å². The molecule has 2 N–H and O–H groups in total. The Balaban J connectivity index is 1.21. The maximum absolute atomic E-state index is 12.6. The fourth-order valence-electron chi connectivity index (χ4n) is 4.16. The molecule has 0 fully saturated rings. The molecule has 3 aromatic carbocycles. The molecule has 8 heteroatoms. The minimum absolute atomic E-state index is 0.00852. The molecule has 2 amide bonds. The van der Waals surface area contributed by atoms with Gasteiger partial charge in [-0.15, -0.1) is 0 Å². The Morgan fingerprint density at radius 1 is 0.941 bits per heavy atom. The van der Waals surface area contributed by atoms with Crippen molar-refractivity contribution < 1.29 is 22.4 Å². The van der Waals surface area contributed by atoms with Gasteiger partial charge in [0.25, 0.3) is 5.91 Å². The number of sulfone groups is 1. The van der Waals surface area contributed by atoms with E-state index in [4.69, 9.17) is 4.42 Å². The van der Waals surface area contributed by atoms with Gasteiger partial charge in [-0.25, -0.2) is 8.42 Å². The van der Waals surface area contributed by atoms with Crippen molar-refractivity contribution in [2.45, 2.75) is 23.8 Å². The van der Waals surface area contributed by atoms with Gasteiger partial charge in [0.15, 0.2) is 15.6 Å². The molecule has 2 heterocycles. The zero-order chi connectivity index (χ0) is 23.7. The number of carbonyl (C=O) groups is 2. The molecule has 0 saturated heterocycles. The Morgan fingerprint density at radius 2 is 1.68 bits per heavy atom. The molecule has 1 unspecified atom stereocenters. The van der Waals surface area contributed by atoms with Gasteiger partial charge in [-0.3, -0.25) is 9.59 Å². The van der Waals surface area contributed by atoms with Gasteiger partial charge in [0.2, 0.25) is 5.91 Å². The van der Waals surface area contributed by atoms with Gasteiger partial charge in [-0.2, -0.15) is 0 Å². The molecule has 0 saturated carbocycles. The third-order valence-corrected chi connectivity index (χ3v) is 7.68. The van der Waals surface area contributed by atoms with Crippen LogP contribution in [0.1, 0.15) is 34.1 Å². The molecule has 1 aliphatic rings. The third-order valence-electron chi connectivity index (χ3n) is 5.87. The van der Waals surface area contributed by atoms with Crippen LogP contribution in [0.25, 0.3) is 11.0 Å². The van der Waals surface area contributed by atoms with E-state index in [1.54, 1.807) is 60.7 Å². The van der Waals surface area contributed by atoms with Gasteiger partial charge < -0.3 is 15.1 Å². The molecule has 0 spiro atoms. The van der Waals surface area contributed by atoms with Gasteiger partial charge in [0.05, 0.1) is 23.1 Å². The van der Waals surface area contributed by atoms with Crippen LogP contribution < -0.4 is 10.6 Å². The van der Waals surface area contributed by atoms with Crippen LogP contribution in [-0.4, -0.2) is 26.0 Å². The smallest absolute Gasteiger partial charge is 0.291 e. The maximum Gasteiger partial charge on any atom is 0.291 e. The van der Waals surface area contributed by atoms with Crippen LogP contribution in [0.3, 0.4) is 0 Å². The predicted molar refractivity (Wildman–Crippen MR) is 128 cm³/mol. The molecule has 5 rings (SSSR count). The molecule has 1 aliphatic heterocycles. The topological polar surface area (TPSA) is 105 Å². The van der Waals surface area contributed by atoms with E-state index in [-0.39, 0.29) is 40.7 Å². The number of hydrogen-bond donors (Lipinski definition) is 2. The molecule has 1 aromatic heterocycles. The number of carbonyl (C=O) groups excluding carboxylic acids is 2. The van der Waals surface area contributed by atoms with Crippen LogP contribution >= 0.6 is 0 Å². The van der Waals surface area contributed by atoms with Crippen LogP contribution in [-0.2, 0) is 21.1 Å². The molecule has 1 atom stereocenters. The summed E-state index contributed by atoms with van der Waals surface area (Å²) in [7, 11) is -3.30. The highest BCUT2D eigenvalue weighted by atomic mass is 32.2. The number of anilines is 1. The van der Waals surface area contributed by atoms with Crippen LogP contribution in [0.5, 0.6) is 0 Å². The first-order chi connectivity index (χ1) is 16.4. The van der Waals surface area contributed by atoms with Crippen molar-refractivity contribution in [1.29, 1.82) is 0 Å². The number of amides is 2. The van der Waals surface area contributed by atoms with Crippen molar-refractivity contribution in [1.82, 2.24) is 5.32 Å². The van der Waals surface area contributed by atoms with Gasteiger partial charge in [0.1, 0.15) is 5.58 Å². The van der Waals surface area contributed by atoms with Crippen LogP contribution in [0, 0.1) is 0 Å². The van der Waals surface area contributed by atoms with Crippen LogP contribution in [0.2, 0.25) is 0 Å². The standard InChI is InChI=1S/C26H22N2O5S/c29-25(28-21-13-14-34(31,32)24-8-4-2-6-20(21)24)15-17-9-11-19(12-10-17)27-26(30)23-16-18-5-1-3-7-22(18)33-23/h1-12,16,21H,13-15H2,(H,27,30)(H,28,29). The van der Waals surface area contributed by atoms with E-state index in [1.165, 1.54) is 0 Å². The lowest BCUT2D eigenvalue weighted by Gasteiger charge is -2.26. The Hall–Kier alpha value is -3.91. The van der Waals surface area contributed by atoms with Crippen molar-refractivity contribution in [3.05, 3.63) is 95.7 Å². The summed E-state index contributed by atoms with van der Waals surface area (Å²) in [5.74, 6) is -0.320. The summed E-state index contributed by atoms with van der Waals surface area (Å²) in [4.78, 5) is 25.4. The number of hydrogen-bond acceptors (Lipinski definition) is 5. The second kappa shape index (κ2) is 8.79. The van der Waals surface area contributed by atoms with Crippen LogP contribution in [0.4, 0.5) is 5.69 Å². The number of benzene rings is 3. The highest BCUT2D eigenvalue weighted by Crippen LogP contribution is 2.32. The van der Waals surface area contributed by atoms with E-state index in [0.717, 1.165) is 10.9 Å². The van der Waals surface area contributed by atoms with E-state index in [0.29, 0.717) is 23.3 Å². The van der Waals surface area contributed by atoms with Gasteiger partial charge in [0, 0.05) is 11.1 Å². The quantitative estimate of drug-likeness (QED) is 0.450. The van der Waals surface area contributed by atoms with Gasteiger partial charge in [-0.1, -0.05) is 48.5 Å². The first-order valence-corrected chi connectivity index (χ1v) is 12.5. The highest BCUT2D eigenvalue weighted by Gasteiger charge is 2.30. The van der Waals surface area contributed by atoms with E-state index in [9.17, 15) is 18.0 Å². The summed E-state index contributed by atoms with van der Waals surface area (Å²) in [5.41, 5.74) is 2.63. The molecule has 0 aliphatic carbocycles. The SMILES string of the molecule is O=C(Cc1ccc(NC(=O)c2cc3ccccc3o2)cc1)NC1CCS(=O)(=O)c2ccccc21. The summed E-state index contributed by atoms with van der Waals surface area (Å²) in [6, 6.07) is 22.5. The molecule has 7 nitrogen and oxygen atoms in total. The lowest BCUT2D eigenvalue weighted by molar-refractivity contribution is -0.121. The van der Waals surface area contributed by atoms with E-state index in [2.05, 4.69) is 10.6 Å². The van der Waals surface area contributed by atoms with E-state index in [1.807, 2.05) is 18.2 Å². The largest absolute Gasteiger partial charge is 0.451 e. The molecule has 0 radical (unpaired) electrons. The van der Waals surface area contributed by atoms with Crippen molar-refractivity contribution in [3.8, 4) is 0 Å². The monoisotopic (exact) mass is 474 g/mol. The second-order valence-corrected chi connectivity index (χ2v) is 10.3. The van der Waals surface area contributed by atoms with Gasteiger partial charge in [-0.05, 0) is 47.9 Å². The summed E-state index contributed by atoms with van der Waals surface area (Å²) < 4.78 is 30.2. The number of furan rings is 1. The first kappa shape index (κ1) is 21.9. The maximum atomic E-state index is 12.6. The lowest BCUT2D eigenvalue weighted by Crippen LogP contribution is -2.34. The third kappa shape index (κ3) is 4.45. The second-order valence-electron chi connectivity index (χ2n) is 8.24. The average molecular weight is 475 g/mol. The molecule has 172 valence electrons. The van der Waals surface area contributed by atoms with Crippen molar-refractivity contribution >= 4 is 38.3 Å². The highest BCUT2D eigenvalue weighted by molar-refractivity contribution is 7.91. The van der Waals surface area contributed by atoms with Crippen molar-refractivity contribution in [3.63, 3.8) is 0 Å². The lowest BCUT2D eigenvalue weighted by atomic mass is 10.0. The normalized spacial score (nSPS) is 16.5. The number of nitrogens with one attached hydrogen (secondary N) is 2. The summed E-state index contributed by atoms with van der Waals surface area (Å²) in [6.07, 6.45) is 0.487. The minimum atomic E-state index is -3.30. The Labute approximate surface area is 196 Å². The zero-order valence-corrected chi connectivity index (χ0v) is 19.0. The van der Waals surface area contributed by atoms with E-state index >= 15 is 0 Å². The Morgan fingerprint density at radius 3 is 2.47 bits per heavy atom. The number of fused-ring (bicyclic) bond motifs is 2. The minimum Gasteiger partial charge on any atom is -0.451 e. The summed E-state index contributed by atoms with van der Waals surface area (Å²) >= 11 is 0. The molecular weight excluding hydrogens is 452 g/mol. The molecule has 0 bridgehead atoms. The predicted octanol–water partition coefficient (Wildman–Crippen LogP) is 4.26. The number of rotatable bonds is 5. The fraction of sp³-hybridized carbons (Fsp3) is 0.154. The number of para-hydroxylation sites is 1. The molecule has 34 heavy (non-hydrogen) atoms. The fourth-order valence-corrected chi connectivity index (χ4v) is 5.78. The first-order valence-electron chi connectivity index (χ1n) is 10.9. The van der Waals surface area contributed by atoms with Gasteiger partial charge >= 0.3 is 0 Å². The summed E-state index contributed by atoms with van der Waals surface area (Å²) in [5, 5.41) is 6.60. The van der Waals surface area contributed by atoms with Crippen molar-refractivity contribution in [2.24, 2.45) is 0 Å². The van der Waals surface area contributed by atoms with Crippen molar-refractivity contribution in [2.75, 3.05) is 11.1 Å².